The van der Waals surface area contributed by atoms with Gasteiger partial charge in [0.2, 0.25) is 0 Å². The number of nitrogens with zero attached hydrogens (tertiary/aromatic N) is 1. The van der Waals surface area contributed by atoms with Crippen LogP contribution in [-0.2, 0) is 4.74 Å². The van der Waals surface area contributed by atoms with Crippen molar-refractivity contribution < 1.29 is 9.53 Å². The van der Waals surface area contributed by atoms with E-state index in [2.05, 4.69) is 10.2 Å². The molecule has 0 spiro atoms. The summed E-state index contributed by atoms with van der Waals surface area (Å²) in [6.45, 7) is 7.79. The minimum Gasteiger partial charge on any atom is -0.444 e. The number of rotatable bonds is 2. The van der Waals surface area contributed by atoms with Gasteiger partial charge in [0, 0.05) is 25.2 Å². The largest absolute Gasteiger partial charge is 0.444 e. The fraction of sp³-hybridized carbons (Fsp3) is 0.929. The molecule has 4 heteroatoms. The van der Waals surface area contributed by atoms with E-state index in [0.717, 1.165) is 25.6 Å². The maximum absolute atomic E-state index is 11.7. The van der Waals surface area contributed by atoms with Crippen molar-refractivity contribution >= 4 is 6.09 Å². The molecule has 1 aliphatic heterocycles. The van der Waals surface area contributed by atoms with Crippen LogP contribution in [0.1, 0.15) is 52.9 Å². The first-order chi connectivity index (χ1) is 8.44. The molecule has 0 unspecified atom stereocenters. The van der Waals surface area contributed by atoms with E-state index in [9.17, 15) is 4.79 Å². The molecule has 1 atom stereocenters. The lowest BCUT2D eigenvalue weighted by molar-refractivity contribution is 0.0504. The van der Waals surface area contributed by atoms with Crippen LogP contribution in [0, 0.1) is 0 Å². The molecule has 0 aromatic heterocycles. The molecular formula is C14H26N2O2. The number of hydrogen-bond acceptors (Lipinski definition) is 3. The minimum absolute atomic E-state index is 0.264. The first kappa shape index (κ1) is 13.7. The molecule has 0 bridgehead atoms. The van der Waals surface area contributed by atoms with Gasteiger partial charge in [0.1, 0.15) is 5.60 Å². The van der Waals surface area contributed by atoms with Crippen LogP contribution in [0.25, 0.3) is 0 Å². The average Bonchev–Trinajstić information content (AvgIpc) is 2.82. The summed E-state index contributed by atoms with van der Waals surface area (Å²) < 4.78 is 5.29. The molecule has 1 N–H and O–H groups in total. The predicted octanol–water partition coefficient (Wildman–Crippen LogP) is 2.53. The second-order valence-corrected chi connectivity index (χ2v) is 6.57. The monoisotopic (exact) mass is 254 g/mol. The van der Waals surface area contributed by atoms with Crippen molar-refractivity contribution in [1.29, 1.82) is 0 Å². The lowest BCUT2D eigenvalue weighted by atomic mass is 10.2. The van der Waals surface area contributed by atoms with Crippen molar-refractivity contribution in [2.45, 2.75) is 70.6 Å². The Bertz CT molecular complexity index is 293. The van der Waals surface area contributed by atoms with Gasteiger partial charge in [0.05, 0.1) is 0 Å². The summed E-state index contributed by atoms with van der Waals surface area (Å²) in [6, 6.07) is 1.02. The van der Waals surface area contributed by atoms with Crippen LogP contribution in [0.15, 0.2) is 0 Å². The lowest BCUT2D eigenvalue weighted by Crippen LogP contribution is -2.41. The van der Waals surface area contributed by atoms with Crippen LogP contribution >= 0.6 is 0 Å². The van der Waals surface area contributed by atoms with Gasteiger partial charge >= 0.3 is 6.09 Å². The van der Waals surface area contributed by atoms with Gasteiger partial charge in [-0.15, -0.1) is 0 Å². The SMILES string of the molecule is CC(C)(C)OC(=O)N[C@@H]1CCN(C2CCCC2)C1. The fourth-order valence-electron chi connectivity index (χ4n) is 2.98. The van der Waals surface area contributed by atoms with E-state index >= 15 is 0 Å². The molecule has 0 radical (unpaired) electrons. The molecule has 4 nitrogen and oxygen atoms in total. The zero-order chi connectivity index (χ0) is 13.2. The van der Waals surface area contributed by atoms with E-state index in [4.69, 9.17) is 4.74 Å². The van der Waals surface area contributed by atoms with E-state index in [1.54, 1.807) is 0 Å². The second-order valence-electron chi connectivity index (χ2n) is 6.57. The molecule has 1 amide bonds. The minimum atomic E-state index is -0.409. The third-order valence-electron chi connectivity index (χ3n) is 3.78. The van der Waals surface area contributed by atoms with Gasteiger partial charge < -0.3 is 10.1 Å². The number of nitrogens with one attached hydrogen (secondary N) is 1. The quantitative estimate of drug-likeness (QED) is 0.823. The van der Waals surface area contributed by atoms with E-state index in [1.807, 2.05) is 20.8 Å². The Kier molecular flexibility index (Phi) is 4.15. The van der Waals surface area contributed by atoms with Crippen molar-refractivity contribution in [1.82, 2.24) is 10.2 Å². The van der Waals surface area contributed by atoms with Gasteiger partial charge in [-0.25, -0.2) is 4.79 Å². The number of carbonyl (C=O) groups excluding carboxylic acids is 1. The number of amides is 1. The number of carbonyl (C=O) groups is 1. The highest BCUT2D eigenvalue weighted by molar-refractivity contribution is 5.68. The molecule has 2 fully saturated rings. The van der Waals surface area contributed by atoms with Crippen LogP contribution in [0.3, 0.4) is 0 Å². The van der Waals surface area contributed by atoms with Crippen molar-refractivity contribution in [3.05, 3.63) is 0 Å². The number of ether oxygens (including phenoxy) is 1. The van der Waals surface area contributed by atoms with Crippen LogP contribution in [0.4, 0.5) is 4.79 Å². The summed E-state index contributed by atoms with van der Waals surface area (Å²) in [5, 5.41) is 2.99. The van der Waals surface area contributed by atoms with Crippen LogP contribution in [0.5, 0.6) is 0 Å². The Hall–Kier alpha value is -0.770. The Morgan fingerprint density at radius 3 is 2.50 bits per heavy atom. The maximum Gasteiger partial charge on any atom is 0.407 e. The summed E-state index contributed by atoms with van der Waals surface area (Å²) in [4.78, 5) is 14.2. The number of hydrogen-bond donors (Lipinski definition) is 1. The van der Waals surface area contributed by atoms with Gasteiger partial charge in [0.15, 0.2) is 0 Å². The van der Waals surface area contributed by atoms with Gasteiger partial charge in [-0.2, -0.15) is 0 Å². The normalized spacial score (nSPS) is 26.5. The van der Waals surface area contributed by atoms with E-state index in [1.165, 1.54) is 25.7 Å². The highest BCUT2D eigenvalue weighted by Gasteiger charge is 2.31. The molecule has 1 aliphatic carbocycles. The standard InChI is InChI=1S/C14H26N2O2/c1-14(2,3)18-13(17)15-11-8-9-16(10-11)12-6-4-5-7-12/h11-12H,4-10H2,1-3H3,(H,15,17)/t11-/m1/s1. The number of alkyl carbamates (subject to hydrolysis) is 1. The Labute approximate surface area is 110 Å². The van der Waals surface area contributed by atoms with Gasteiger partial charge in [0.25, 0.3) is 0 Å². The van der Waals surface area contributed by atoms with Gasteiger partial charge in [-0.05, 0) is 40.0 Å². The summed E-state index contributed by atoms with van der Waals surface area (Å²) in [5.74, 6) is 0. The lowest BCUT2D eigenvalue weighted by Gasteiger charge is -2.24. The first-order valence-corrected chi connectivity index (χ1v) is 7.17. The summed E-state index contributed by atoms with van der Waals surface area (Å²) in [5.41, 5.74) is -0.409. The van der Waals surface area contributed by atoms with Crippen molar-refractivity contribution in [2.24, 2.45) is 0 Å². The number of likely N-dealkylation sites (tertiary alicyclic amines) is 1. The van der Waals surface area contributed by atoms with Crippen molar-refractivity contribution in [3.63, 3.8) is 0 Å². The molecule has 18 heavy (non-hydrogen) atoms. The summed E-state index contributed by atoms with van der Waals surface area (Å²) in [6.07, 6.45) is 6.17. The highest BCUT2D eigenvalue weighted by atomic mass is 16.6. The Morgan fingerprint density at radius 2 is 1.89 bits per heavy atom. The highest BCUT2D eigenvalue weighted by Crippen LogP contribution is 2.26. The maximum atomic E-state index is 11.7. The van der Waals surface area contributed by atoms with Crippen molar-refractivity contribution in [3.8, 4) is 0 Å². The molecule has 1 saturated carbocycles. The van der Waals surface area contributed by atoms with Crippen LogP contribution in [-0.4, -0.2) is 41.8 Å². The average molecular weight is 254 g/mol. The molecule has 1 heterocycles. The second kappa shape index (κ2) is 5.47. The van der Waals surface area contributed by atoms with E-state index < -0.39 is 5.60 Å². The molecule has 2 aliphatic rings. The van der Waals surface area contributed by atoms with Crippen LogP contribution in [0.2, 0.25) is 0 Å². The van der Waals surface area contributed by atoms with Crippen LogP contribution < -0.4 is 5.32 Å². The topological polar surface area (TPSA) is 41.6 Å². The first-order valence-electron chi connectivity index (χ1n) is 7.17. The molecule has 2 rings (SSSR count). The van der Waals surface area contributed by atoms with E-state index in [-0.39, 0.29) is 12.1 Å². The third-order valence-corrected chi connectivity index (χ3v) is 3.78. The molecule has 1 saturated heterocycles. The Morgan fingerprint density at radius 1 is 1.22 bits per heavy atom. The van der Waals surface area contributed by atoms with Gasteiger partial charge in [-0.3, -0.25) is 4.90 Å². The zero-order valence-corrected chi connectivity index (χ0v) is 11.9. The fourth-order valence-corrected chi connectivity index (χ4v) is 2.98. The zero-order valence-electron chi connectivity index (χ0n) is 11.9. The van der Waals surface area contributed by atoms with E-state index in [0.29, 0.717) is 0 Å². The van der Waals surface area contributed by atoms with Crippen molar-refractivity contribution in [2.75, 3.05) is 13.1 Å². The molecule has 104 valence electrons. The molecule has 0 aromatic carbocycles. The predicted molar refractivity (Wildman–Crippen MR) is 71.6 cm³/mol. The Balaban J connectivity index is 1.73. The molecular weight excluding hydrogens is 228 g/mol. The smallest absolute Gasteiger partial charge is 0.407 e. The molecule has 0 aromatic rings. The summed E-state index contributed by atoms with van der Waals surface area (Å²) >= 11 is 0. The summed E-state index contributed by atoms with van der Waals surface area (Å²) in [7, 11) is 0. The van der Waals surface area contributed by atoms with Gasteiger partial charge in [-0.1, -0.05) is 12.8 Å². The third kappa shape index (κ3) is 3.87.